The Morgan fingerprint density at radius 2 is 0.717 bits per heavy atom. The Morgan fingerprint density at radius 3 is 1.02 bits per heavy atom. The molecule has 0 saturated heterocycles. The van der Waals surface area contributed by atoms with Crippen LogP contribution in [0.1, 0.15) is 176 Å². The normalized spacial score (nSPS) is 11.1. The number of nitrogens with zero attached hydrogens (tertiary/aromatic N) is 2. The van der Waals surface area contributed by atoms with E-state index < -0.39 is 0 Å². The van der Waals surface area contributed by atoms with Gasteiger partial charge in [-0.15, -0.1) is 0 Å². The van der Waals surface area contributed by atoms with Gasteiger partial charge in [0, 0.05) is 50.2 Å². The van der Waals surface area contributed by atoms with Crippen LogP contribution in [0, 0.1) is 0 Å². The van der Waals surface area contributed by atoms with Crippen molar-refractivity contribution in [2.24, 2.45) is 0 Å². The highest BCUT2D eigenvalue weighted by Gasteiger charge is 2.10. The second-order valence-electron chi connectivity index (χ2n) is 13.2. The van der Waals surface area contributed by atoms with Crippen molar-refractivity contribution in [3.8, 4) is 0 Å². The summed E-state index contributed by atoms with van der Waals surface area (Å²) in [7, 11) is 0. The number of hydrogen-bond acceptors (Lipinski definition) is 2. The quantitative estimate of drug-likeness (QED) is 0.0691. The van der Waals surface area contributed by atoms with E-state index in [9.17, 15) is 9.59 Å². The summed E-state index contributed by atoms with van der Waals surface area (Å²) < 4.78 is 4.35. The second kappa shape index (κ2) is 27.4. The first-order chi connectivity index (χ1) is 22.6. The van der Waals surface area contributed by atoms with Crippen molar-refractivity contribution < 1.29 is 18.7 Å². The van der Waals surface area contributed by atoms with Crippen molar-refractivity contribution in [1.82, 2.24) is 10.6 Å². The van der Waals surface area contributed by atoms with Gasteiger partial charge in [0.2, 0.25) is 0 Å². The molecule has 0 fully saturated rings. The van der Waals surface area contributed by atoms with Crippen LogP contribution in [0.4, 0.5) is 0 Å². The number of carbonyl (C=O) groups is 2. The third-order valence-corrected chi connectivity index (χ3v) is 9.02. The lowest BCUT2D eigenvalue weighted by Gasteiger charge is -2.07. The van der Waals surface area contributed by atoms with Crippen LogP contribution >= 0.6 is 0 Å². The number of hydrogen-bond donors (Lipinski definition) is 2. The molecule has 2 heterocycles. The number of unbranched alkanes of at least 4 members (excludes halogenated alkanes) is 19. The first kappa shape index (κ1) is 39.4. The summed E-state index contributed by atoms with van der Waals surface area (Å²) in [5, 5.41) is 6.02. The Bertz CT molecular complexity index is 939. The number of aromatic nitrogens is 2. The smallest absolute Gasteiger partial charge is 0.251 e. The Morgan fingerprint density at radius 1 is 0.435 bits per heavy atom. The monoisotopic (exact) mass is 637 g/mol. The van der Waals surface area contributed by atoms with E-state index in [4.69, 9.17) is 0 Å². The summed E-state index contributed by atoms with van der Waals surface area (Å²) in [6.07, 6.45) is 36.5. The third-order valence-electron chi connectivity index (χ3n) is 9.02. The molecule has 0 spiro atoms. The van der Waals surface area contributed by atoms with E-state index in [1.807, 2.05) is 49.1 Å². The van der Waals surface area contributed by atoms with E-state index in [-0.39, 0.29) is 11.8 Å². The Hall–Kier alpha value is -2.76. The van der Waals surface area contributed by atoms with Gasteiger partial charge < -0.3 is 10.6 Å². The van der Waals surface area contributed by atoms with Gasteiger partial charge in [-0.05, 0) is 25.7 Å². The maximum atomic E-state index is 12.5. The standard InChI is InChI=1S/C40H66N4O2/c1-3-5-7-9-11-13-15-17-19-23-31-43-33-25-37(26-34-43)39(45)41-29-21-22-30-42-40(46)38-27-35-44(36-28-38)32-24-20-18-16-14-12-10-8-6-4-2/h25-28,33-36H,3-24,29-32H2,1-2H3/p+2. The summed E-state index contributed by atoms with van der Waals surface area (Å²) in [5.41, 5.74) is 1.39. The summed E-state index contributed by atoms with van der Waals surface area (Å²) >= 11 is 0. The van der Waals surface area contributed by atoms with Gasteiger partial charge in [-0.25, -0.2) is 9.13 Å². The Kier molecular flexibility index (Phi) is 23.4. The van der Waals surface area contributed by atoms with Crippen molar-refractivity contribution in [1.29, 1.82) is 0 Å². The summed E-state index contributed by atoms with van der Waals surface area (Å²) in [5.74, 6) is -0.0731. The van der Waals surface area contributed by atoms with Gasteiger partial charge in [-0.2, -0.15) is 0 Å². The molecule has 6 nitrogen and oxygen atoms in total. The third kappa shape index (κ3) is 19.7. The molecule has 46 heavy (non-hydrogen) atoms. The van der Waals surface area contributed by atoms with Crippen LogP contribution in [-0.4, -0.2) is 24.9 Å². The summed E-state index contributed by atoms with van der Waals surface area (Å²) in [6, 6.07) is 7.64. The molecule has 0 aromatic carbocycles. The topological polar surface area (TPSA) is 66.0 Å². The van der Waals surface area contributed by atoms with Crippen LogP contribution in [0.25, 0.3) is 0 Å². The van der Waals surface area contributed by atoms with E-state index in [1.54, 1.807) is 0 Å². The minimum absolute atomic E-state index is 0.0366. The fourth-order valence-electron chi connectivity index (χ4n) is 5.94. The molecule has 0 aliphatic carbocycles. The fourth-order valence-corrected chi connectivity index (χ4v) is 5.94. The summed E-state index contributed by atoms with van der Waals surface area (Å²) in [6.45, 7) is 7.76. The molecule has 258 valence electrons. The molecular formula is C40H68N4O2+2. The molecular weight excluding hydrogens is 568 g/mol. The Balaban J connectivity index is 1.46. The van der Waals surface area contributed by atoms with Crippen LogP contribution in [-0.2, 0) is 13.1 Å². The van der Waals surface area contributed by atoms with Crippen LogP contribution in [0.2, 0.25) is 0 Å². The van der Waals surface area contributed by atoms with Gasteiger partial charge >= 0.3 is 0 Å². The fraction of sp³-hybridized carbons (Fsp3) is 0.700. The molecule has 2 rings (SSSR count). The van der Waals surface area contributed by atoms with E-state index in [2.05, 4.69) is 33.6 Å². The van der Waals surface area contributed by atoms with Crippen molar-refractivity contribution in [3.63, 3.8) is 0 Å². The molecule has 0 radical (unpaired) electrons. The van der Waals surface area contributed by atoms with Gasteiger partial charge in [0.15, 0.2) is 24.8 Å². The van der Waals surface area contributed by atoms with Gasteiger partial charge in [-0.1, -0.05) is 117 Å². The molecule has 2 amide bonds. The predicted molar refractivity (Wildman–Crippen MR) is 191 cm³/mol. The number of carbonyl (C=O) groups excluding carboxylic acids is 2. The molecule has 0 atom stereocenters. The summed E-state index contributed by atoms with van der Waals surface area (Å²) in [4.78, 5) is 25.1. The van der Waals surface area contributed by atoms with Gasteiger partial charge in [0.1, 0.15) is 13.1 Å². The molecule has 6 heteroatoms. The molecule has 0 saturated carbocycles. The highest BCUT2D eigenvalue weighted by atomic mass is 16.2. The largest absolute Gasteiger partial charge is 0.352 e. The lowest BCUT2D eigenvalue weighted by atomic mass is 10.1. The second-order valence-corrected chi connectivity index (χ2v) is 13.2. The van der Waals surface area contributed by atoms with E-state index in [0.29, 0.717) is 24.2 Å². The molecule has 2 aromatic heterocycles. The van der Waals surface area contributed by atoms with Gasteiger partial charge in [-0.3, -0.25) is 9.59 Å². The zero-order chi connectivity index (χ0) is 32.9. The number of rotatable bonds is 29. The predicted octanol–water partition coefficient (Wildman–Crippen LogP) is 9.04. The maximum Gasteiger partial charge on any atom is 0.251 e. The number of nitrogens with one attached hydrogen (secondary N) is 2. The lowest BCUT2D eigenvalue weighted by Crippen LogP contribution is -2.34. The van der Waals surface area contributed by atoms with Crippen LogP contribution in [0.5, 0.6) is 0 Å². The highest BCUT2D eigenvalue weighted by molar-refractivity contribution is 5.94. The molecule has 2 aromatic rings. The van der Waals surface area contributed by atoms with Gasteiger partial charge in [0.25, 0.3) is 11.8 Å². The van der Waals surface area contributed by atoms with Gasteiger partial charge in [0.05, 0.1) is 11.1 Å². The molecule has 0 aliphatic rings. The zero-order valence-corrected chi connectivity index (χ0v) is 29.7. The molecule has 0 aliphatic heterocycles. The lowest BCUT2D eigenvalue weighted by molar-refractivity contribution is -0.697. The number of pyridine rings is 2. The average Bonchev–Trinajstić information content (AvgIpc) is 3.08. The molecule has 0 unspecified atom stereocenters. The van der Waals surface area contributed by atoms with Crippen molar-refractivity contribution in [2.75, 3.05) is 13.1 Å². The SMILES string of the molecule is CCCCCCCCCCCC[n+]1ccc(C(=O)NCCCCNC(=O)c2cc[n+](CCCCCCCCCCCC)cc2)cc1. The van der Waals surface area contributed by atoms with Crippen LogP contribution in [0.15, 0.2) is 49.1 Å². The number of aryl methyl sites for hydroxylation is 2. The minimum Gasteiger partial charge on any atom is -0.352 e. The molecule has 0 bridgehead atoms. The highest BCUT2D eigenvalue weighted by Crippen LogP contribution is 2.11. The zero-order valence-electron chi connectivity index (χ0n) is 29.7. The van der Waals surface area contributed by atoms with E-state index in [1.165, 1.54) is 128 Å². The van der Waals surface area contributed by atoms with E-state index >= 15 is 0 Å². The maximum absolute atomic E-state index is 12.5. The van der Waals surface area contributed by atoms with E-state index in [0.717, 1.165) is 25.9 Å². The van der Waals surface area contributed by atoms with Crippen molar-refractivity contribution >= 4 is 11.8 Å². The van der Waals surface area contributed by atoms with Crippen LogP contribution in [0.3, 0.4) is 0 Å². The Labute approximate surface area is 282 Å². The van der Waals surface area contributed by atoms with Crippen molar-refractivity contribution in [2.45, 2.75) is 168 Å². The number of amides is 2. The van der Waals surface area contributed by atoms with Crippen molar-refractivity contribution in [3.05, 3.63) is 60.2 Å². The minimum atomic E-state index is -0.0366. The average molecular weight is 637 g/mol. The molecule has 2 N–H and O–H groups in total. The van der Waals surface area contributed by atoms with Crippen LogP contribution < -0.4 is 19.8 Å². The first-order valence-corrected chi connectivity index (χ1v) is 19.2. The first-order valence-electron chi connectivity index (χ1n) is 19.2.